The highest BCUT2D eigenvalue weighted by Crippen LogP contribution is 2.13. The Balaban J connectivity index is 1.94. The molecule has 0 heterocycles. The number of ether oxygens (including phenoxy) is 1. The molecule has 6 nitrogen and oxygen atoms in total. The Labute approximate surface area is 121 Å². The van der Waals surface area contributed by atoms with E-state index in [0.717, 1.165) is 5.56 Å². The second-order valence-electron chi connectivity index (χ2n) is 4.19. The summed E-state index contributed by atoms with van der Waals surface area (Å²) in [5, 5.41) is 13.4. The fourth-order valence-electron chi connectivity index (χ4n) is 1.68. The van der Waals surface area contributed by atoms with E-state index in [0.29, 0.717) is 11.4 Å². The Hall–Kier alpha value is -3.02. The summed E-state index contributed by atoms with van der Waals surface area (Å²) in [6.07, 6.45) is -1.71. The molecule has 108 valence electrons. The molecule has 0 fully saturated rings. The summed E-state index contributed by atoms with van der Waals surface area (Å²) in [6, 6.07) is 15.5. The van der Waals surface area contributed by atoms with Gasteiger partial charge in [-0.25, -0.2) is 9.59 Å². The molecule has 2 amide bonds. The number of benzene rings is 2. The maximum Gasteiger partial charge on any atom is 0.417 e. The maximum atomic E-state index is 11.7. The van der Waals surface area contributed by atoms with Crippen molar-refractivity contribution in [2.75, 3.05) is 5.32 Å². The van der Waals surface area contributed by atoms with Crippen LogP contribution >= 0.6 is 0 Å². The molecule has 0 saturated carbocycles. The van der Waals surface area contributed by atoms with Crippen molar-refractivity contribution in [3.63, 3.8) is 0 Å². The van der Waals surface area contributed by atoms with Crippen LogP contribution in [0.15, 0.2) is 54.6 Å². The zero-order chi connectivity index (χ0) is 15.1. The van der Waals surface area contributed by atoms with Crippen molar-refractivity contribution in [2.45, 2.75) is 6.54 Å². The first-order chi connectivity index (χ1) is 10.1. The lowest BCUT2D eigenvalue weighted by molar-refractivity contribution is 0.194. The predicted octanol–water partition coefficient (Wildman–Crippen LogP) is 3.07. The Morgan fingerprint density at radius 2 is 1.81 bits per heavy atom. The summed E-state index contributed by atoms with van der Waals surface area (Å²) in [7, 11) is 0. The van der Waals surface area contributed by atoms with Gasteiger partial charge in [0.05, 0.1) is 0 Å². The quantitative estimate of drug-likeness (QED) is 0.806. The average Bonchev–Trinajstić information content (AvgIpc) is 2.46. The van der Waals surface area contributed by atoms with Crippen LogP contribution in [-0.4, -0.2) is 17.3 Å². The first kappa shape index (κ1) is 14.4. The van der Waals surface area contributed by atoms with Gasteiger partial charge in [0, 0.05) is 12.2 Å². The summed E-state index contributed by atoms with van der Waals surface area (Å²) in [4.78, 5) is 22.2. The molecule has 6 heteroatoms. The highest BCUT2D eigenvalue weighted by molar-refractivity contribution is 5.86. The first-order valence-electron chi connectivity index (χ1n) is 6.23. The molecule has 0 unspecified atom stereocenters. The number of amides is 2. The molecule has 0 aliphatic heterocycles. The number of carboxylic acid groups (broad SMARTS) is 1. The van der Waals surface area contributed by atoms with E-state index in [9.17, 15) is 9.59 Å². The molecule has 0 aliphatic carbocycles. The number of nitrogens with one attached hydrogen (secondary N) is 2. The number of carbonyl (C=O) groups excluding carboxylic acids is 1. The molecule has 0 radical (unpaired) electrons. The molecule has 2 aromatic rings. The van der Waals surface area contributed by atoms with Gasteiger partial charge in [-0.3, -0.25) is 5.32 Å². The van der Waals surface area contributed by atoms with Gasteiger partial charge in [0.2, 0.25) is 0 Å². The topological polar surface area (TPSA) is 87.7 Å². The fraction of sp³-hybridized carbons (Fsp3) is 0.0667. The smallest absolute Gasteiger partial charge is 0.417 e. The van der Waals surface area contributed by atoms with Gasteiger partial charge in [0.1, 0.15) is 5.75 Å². The maximum absolute atomic E-state index is 11.7. The number of hydrogen-bond donors (Lipinski definition) is 3. The van der Waals surface area contributed by atoms with E-state index < -0.39 is 12.2 Å². The van der Waals surface area contributed by atoms with E-state index in [1.165, 1.54) is 0 Å². The lowest BCUT2D eigenvalue weighted by Gasteiger charge is -2.08. The van der Waals surface area contributed by atoms with E-state index in [1.54, 1.807) is 48.5 Å². The van der Waals surface area contributed by atoms with Crippen LogP contribution in [0.1, 0.15) is 5.56 Å². The van der Waals surface area contributed by atoms with Crippen LogP contribution in [0.3, 0.4) is 0 Å². The molecule has 0 atom stereocenters. The molecule has 0 saturated heterocycles. The average molecular weight is 286 g/mol. The van der Waals surface area contributed by atoms with E-state index >= 15 is 0 Å². The standard InChI is InChI=1S/C15H14N2O4/c18-14(19)16-10-11-5-4-6-12(9-11)17-15(20)21-13-7-2-1-3-8-13/h1-9,16H,10H2,(H,17,20)(H,18,19). The number of hydrogen-bond acceptors (Lipinski definition) is 3. The van der Waals surface area contributed by atoms with Crippen LogP contribution < -0.4 is 15.4 Å². The summed E-state index contributed by atoms with van der Waals surface area (Å²) < 4.78 is 5.10. The molecule has 0 aromatic heterocycles. The minimum Gasteiger partial charge on any atom is -0.465 e. The molecule has 2 rings (SSSR count). The summed E-state index contributed by atoms with van der Waals surface area (Å²) >= 11 is 0. The molecule has 0 aliphatic rings. The third kappa shape index (κ3) is 4.87. The third-order valence-electron chi connectivity index (χ3n) is 2.57. The van der Waals surface area contributed by atoms with Gasteiger partial charge in [-0.2, -0.15) is 0 Å². The van der Waals surface area contributed by atoms with Crippen molar-refractivity contribution in [3.05, 3.63) is 60.2 Å². The molecule has 0 bridgehead atoms. The van der Waals surface area contributed by atoms with Crippen molar-refractivity contribution in [2.24, 2.45) is 0 Å². The Morgan fingerprint density at radius 1 is 1.05 bits per heavy atom. The third-order valence-corrected chi connectivity index (χ3v) is 2.57. The van der Waals surface area contributed by atoms with Crippen molar-refractivity contribution in [3.8, 4) is 5.75 Å². The lowest BCUT2D eigenvalue weighted by Crippen LogP contribution is -2.20. The second-order valence-corrected chi connectivity index (χ2v) is 4.19. The molecule has 2 aromatic carbocycles. The van der Waals surface area contributed by atoms with Gasteiger partial charge in [-0.1, -0.05) is 30.3 Å². The summed E-state index contributed by atoms with van der Waals surface area (Å²) in [5.74, 6) is 0.443. The van der Waals surface area contributed by atoms with Crippen molar-refractivity contribution < 1.29 is 19.4 Å². The van der Waals surface area contributed by atoms with Gasteiger partial charge in [-0.15, -0.1) is 0 Å². The van der Waals surface area contributed by atoms with Crippen molar-refractivity contribution in [1.29, 1.82) is 0 Å². The highest BCUT2D eigenvalue weighted by Gasteiger charge is 2.05. The molecule has 3 N–H and O–H groups in total. The number of para-hydroxylation sites is 1. The van der Waals surface area contributed by atoms with Gasteiger partial charge >= 0.3 is 12.2 Å². The number of rotatable bonds is 4. The van der Waals surface area contributed by atoms with Crippen LogP contribution in [0, 0.1) is 0 Å². The largest absolute Gasteiger partial charge is 0.465 e. The monoisotopic (exact) mass is 286 g/mol. The van der Waals surface area contributed by atoms with Crippen molar-refractivity contribution in [1.82, 2.24) is 5.32 Å². The first-order valence-corrected chi connectivity index (χ1v) is 6.23. The molecule has 21 heavy (non-hydrogen) atoms. The highest BCUT2D eigenvalue weighted by atomic mass is 16.6. The lowest BCUT2D eigenvalue weighted by atomic mass is 10.2. The Morgan fingerprint density at radius 3 is 2.52 bits per heavy atom. The Kier molecular flexibility index (Phi) is 4.76. The van der Waals surface area contributed by atoms with Gasteiger partial charge in [0.15, 0.2) is 0 Å². The van der Waals surface area contributed by atoms with Crippen molar-refractivity contribution >= 4 is 17.9 Å². The van der Waals surface area contributed by atoms with E-state index in [4.69, 9.17) is 9.84 Å². The number of anilines is 1. The van der Waals surface area contributed by atoms with Gasteiger partial charge in [0.25, 0.3) is 0 Å². The molecule has 0 spiro atoms. The minimum absolute atomic E-state index is 0.165. The fourth-order valence-corrected chi connectivity index (χ4v) is 1.68. The number of carbonyl (C=O) groups is 2. The zero-order valence-corrected chi connectivity index (χ0v) is 11.1. The predicted molar refractivity (Wildman–Crippen MR) is 77.4 cm³/mol. The van der Waals surface area contributed by atoms with Crippen LogP contribution in [0.4, 0.5) is 15.3 Å². The summed E-state index contributed by atoms with van der Waals surface area (Å²) in [5.41, 5.74) is 1.26. The SMILES string of the molecule is O=C(O)NCc1cccc(NC(=O)Oc2ccccc2)c1. The Bertz CT molecular complexity index is 629. The molecular formula is C15H14N2O4. The normalized spacial score (nSPS) is 9.71. The molecular weight excluding hydrogens is 272 g/mol. The van der Waals surface area contributed by atoms with Crippen LogP contribution in [0.25, 0.3) is 0 Å². The van der Waals surface area contributed by atoms with Gasteiger partial charge in [-0.05, 0) is 29.8 Å². The van der Waals surface area contributed by atoms with E-state index in [-0.39, 0.29) is 6.54 Å². The minimum atomic E-state index is -1.10. The van der Waals surface area contributed by atoms with Crippen LogP contribution in [0.5, 0.6) is 5.75 Å². The van der Waals surface area contributed by atoms with E-state index in [1.807, 2.05) is 6.07 Å². The summed E-state index contributed by atoms with van der Waals surface area (Å²) in [6.45, 7) is 0.165. The van der Waals surface area contributed by atoms with Gasteiger partial charge < -0.3 is 15.2 Å². The zero-order valence-electron chi connectivity index (χ0n) is 11.1. The van der Waals surface area contributed by atoms with Crippen LogP contribution in [-0.2, 0) is 6.54 Å². The van der Waals surface area contributed by atoms with E-state index in [2.05, 4.69) is 10.6 Å². The van der Waals surface area contributed by atoms with Crippen LogP contribution in [0.2, 0.25) is 0 Å². The second kappa shape index (κ2) is 6.95.